The molecular weight excluding hydrogens is 224 g/mol. The van der Waals surface area contributed by atoms with E-state index in [1.54, 1.807) is 0 Å². The minimum Gasteiger partial charge on any atom is -0.321 e. The third kappa shape index (κ3) is 3.50. The fourth-order valence-corrected chi connectivity index (χ4v) is 2.58. The zero-order chi connectivity index (χ0) is 13.9. The van der Waals surface area contributed by atoms with Crippen molar-refractivity contribution in [3.8, 4) is 0 Å². The molecule has 0 aromatic carbocycles. The van der Waals surface area contributed by atoms with Gasteiger partial charge in [-0.05, 0) is 40.0 Å². The van der Waals surface area contributed by atoms with E-state index in [0.29, 0.717) is 5.92 Å². The van der Waals surface area contributed by atoms with Crippen LogP contribution >= 0.6 is 0 Å². The van der Waals surface area contributed by atoms with Crippen LogP contribution in [0, 0.1) is 5.92 Å². The highest BCUT2D eigenvalue weighted by molar-refractivity contribution is 5.75. The van der Waals surface area contributed by atoms with Gasteiger partial charge in [0, 0.05) is 25.2 Å². The molecule has 1 rings (SSSR count). The molecular formula is C15H28N2O. The number of carbonyl (C=O) groups is 1. The molecule has 0 fully saturated rings. The van der Waals surface area contributed by atoms with Gasteiger partial charge in [0.05, 0.1) is 0 Å². The summed E-state index contributed by atoms with van der Waals surface area (Å²) in [5.74, 6) is 0.605. The maximum absolute atomic E-state index is 12.5. The summed E-state index contributed by atoms with van der Waals surface area (Å²) in [6.07, 6.45) is 3.25. The Kier molecular flexibility index (Phi) is 5.24. The number of nitrogens with zero attached hydrogens (tertiary/aromatic N) is 2. The van der Waals surface area contributed by atoms with Gasteiger partial charge in [-0.1, -0.05) is 25.5 Å². The number of hydrogen-bond donors (Lipinski definition) is 0. The van der Waals surface area contributed by atoms with Gasteiger partial charge in [-0.3, -0.25) is 0 Å². The predicted octanol–water partition coefficient (Wildman–Crippen LogP) is 3.51. The lowest BCUT2D eigenvalue weighted by Gasteiger charge is -2.37. The molecule has 1 aliphatic heterocycles. The summed E-state index contributed by atoms with van der Waals surface area (Å²) in [5, 5.41) is 0. The van der Waals surface area contributed by atoms with Crippen LogP contribution in [0.3, 0.4) is 0 Å². The molecule has 1 heterocycles. The van der Waals surface area contributed by atoms with Crippen LogP contribution in [0.5, 0.6) is 0 Å². The summed E-state index contributed by atoms with van der Waals surface area (Å²) in [4.78, 5) is 16.4. The SMILES string of the molecule is CC(C)C1=CCN(C(=O)N(C(C)C)C(C)C)CC1. The first-order chi connectivity index (χ1) is 8.34. The molecule has 0 N–H and O–H groups in total. The lowest BCUT2D eigenvalue weighted by Crippen LogP contribution is -2.50. The molecule has 0 aliphatic carbocycles. The molecule has 3 nitrogen and oxygen atoms in total. The predicted molar refractivity (Wildman–Crippen MR) is 76.6 cm³/mol. The largest absolute Gasteiger partial charge is 0.321 e. The summed E-state index contributed by atoms with van der Waals surface area (Å²) in [5.41, 5.74) is 1.49. The van der Waals surface area contributed by atoms with E-state index in [-0.39, 0.29) is 18.1 Å². The van der Waals surface area contributed by atoms with Crippen LogP contribution in [0.15, 0.2) is 11.6 Å². The lowest BCUT2D eigenvalue weighted by atomic mass is 9.97. The Labute approximate surface area is 112 Å². The van der Waals surface area contributed by atoms with Crippen molar-refractivity contribution in [3.63, 3.8) is 0 Å². The van der Waals surface area contributed by atoms with E-state index in [1.807, 2.05) is 9.80 Å². The molecule has 0 saturated carbocycles. The Morgan fingerprint density at radius 1 is 1.17 bits per heavy atom. The number of hydrogen-bond acceptors (Lipinski definition) is 1. The number of amides is 2. The van der Waals surface area contributed by atoms with Crippen molar-refractivity contribution in [2.75, 3.05) is 13.1 Å². The van der Waals surface area contributed by atoms with E-state index in [9.17, 15) is 4.79 Å². The number of rotatable bonds is 3. The monoisotopic (exact) mass is 252 g/mol. The molecule has 1 aliphatic rings. The molecule has 0 bridgehead atoms. The van der Waals surface area contributed by atoms with Gasteiger partial charge >= 0.3 is 6.03 Å². The van der Waals surface area contributed by atoms with E-state index in [0.717, 1.165) is 19.5 Å². The summed E-state index contributed by atoms with van der Waals surface area (Å²) in [6.45, 7) is 14.4. The fourth-order valence-electron chi connectivity index (χ4n) is 2.58. The lowest BCUT2D eigenvalue weighted by molar-refractivity contribution is 0.127. The first-order valence-electron chi connectivity index (χ1n) is 7.10. The van der Waals surface area contributed by atoms with Gasteiger partial charge < -0.3 is 9.80 Å². The quantitative estimate of drug-likeness (QED) is 0.705. The maximum atomic E-state index is 12.5. The van der Waals surface area contributed by atoms with Crippen molar-refractivity contribution in [1.29, 1.82) is 0 Å². The fraction of sp³-hybridized carbons (Fsp3) is 0.800. The molecule has 0 atom stereocenters. The highest BCUT2D eigenvalue weighted by atomic mass is 16.2. The molecule has 2 amide bonds. The molecule has 18 heavy (non-hydrogen) atoms. The third-order valence-electron chi connectivity index (χ3n) is 3.59. The molecule has 0 unspecified atom stereocenters. The zero-order valence-electron chi connectivity index (χ0n) is 12.7. The van der Waals surface area contributed by atoms with Crippen molar-refractivity contribution < 1.29 is 4.79 Å². The van der Waals surface area contributed by atoms with Crippen LogP contribution in [0.2, 0.25) is 0 Å². The summed E-state index contributed by atoms with van der Waals surface area (Å²) >= 11 is 0. The second kappa shape index (κ2) is 6.26. The van der Waals surface area contributed by atoms with Crippen molar-refractivity contribution in [2.24, 2.45) is 5.92 Å². The van der Waals surface area contributed by atoms with E-state index >= 15 is 0 Å². The van der Waals surface area contributed by atoms with Gasteiger partial charge in [0.15, 0.2) is 0 Å². The minimum absolute atomic E-state index is 0.180. The van der Waals surface area contributed by atoms with Crippen LogP contribution < -0.4 is 0 Å². The Bertz CT molecular complexity index is 310. The van der Waals surface area contributed by atoms with Crippen molar-refractivity contribution in [2.45, 2.75) is 60.0 Å². The van der Waals surface area contributed by atoms with Gasteiger partial charge in [-0.2, -0.15) is 0 Å². The molecule has 3 heteroatoms. The van der Waals surface area contributed by atoms with Crippen molar-refractivity contribution in [1.82, 2.24) is 9.80 Å². The van der Waals surface area contributed by atoms with E-state index in [4.69, 9.17) is 0 Å². The van der Waals surface area contributed by atoms with E-state index in [1.165, 1.54) is 5.57 Å². The molecule has 0 radical (unpaired) electrons. The van der Waals surface area contributed by atoms with Gasteiger partial charge in [0.2, 0.25) is 0 Å². The molecule has 0 spiro atoms. The van der Waals surface area contributed by atoms with Crippen LogP contribution in [-0.4, -0.2) is 41.0 Å². The molecule has 0 saturated heterocycles. The van der Waals surface area contributed by atoms with Crippen LogP contribution in [-0.2, 0) is 0 Å². The summed E-state index contributed by atoms with van der Waals surface area (Å²) in [7, 11) is 0. The second-order valence-corrected chi connectivity index (χ2v) is 6.01. The average Bonchev–Trinajstić information content (AvgIpc) is 2.28. The Morgan fingerprint density at radius 3 is 2.06 bits per heavy atom. The van der Waals surface area contributed by atoms with Gasteiger partial charge in [-0.15, -0.1) is 0 Å². The maximum Gasteiger partial charge on any atom is 0.320 e. The Morgan fingerprint density at radius 2 is 1.72 bits per heavy atom. The zero-order valence-corrected chi connectivity index (χ0v) is 12.7. The standard InChI is InChI=1S/C15H28N2O/c1-11(2)14-7-9-16(10-8-14)15(18)17(12(3)4)13(5)6/h7,11-13H,8-10H2,1-6H3. The highest BCUT2D eigenvalue weighted by Gasteiger charge is 2.26. The second-order valence-electron chi connectivity index (χ2n) is 6.01. The first kappa shape index (κ1) is 15.1. The van der Waals surface area contributed by atoms with E-state index in [2.05, 4.69) is 47.6 Å². The van der Waals surface area contributed by atoms with Gasteiger partial charge in [0.25, 0.3) is 0 Å². The van der Waals surface area contributed by atoms with Crippen molar-refractivity contribution in [3.05, 3.63) is 11.6 Å². The first-order valence-corrected chi connectivity index (χ1v) is 7.10. The highest BCUT2D eigenvalue weighted by Crippen LogP contribution is 2.20. The normalized spacial score (nSPS) is 16.5. The molecule has 0 aromatic heterocycles. The Balaban J connectivity index is 2.69. The number of carbonyl (C=O) groups excluding carboxylic acids is 1. The van der Waals surface area contributed by atoms with Crippen LogP contribution in [0.4, 0.5) is 4.79 Å². The van der Waals surface area contributed by atoms with E-state index < -0.39 is 0 Å². The average molecular weight is 252 g/mol. The summed E-state index contributed by atoms with van der Waals surface area (Å²) < 4.78 is 0. The summed E-state index contributed by atoms with van der Waals surface area (Å²) in [6, 6.07) is 0.694. The smallest absolute Gasteiger partial charge is 0.320 e. The van der Waals surface area contributed by atoms with Gasteiger partial charge in [-0.25, -0.2) is 4.79 Å². The van der Waals surface area contributed by atoms with Crippen molar-refractivity contribution >= 4 is 6.03 Å². The minimum atomic E-state index is 0.180. The topological polar surface area (TPSA) is 23.6 Å². The van der Waals surface area contributed by atoms with Gasteiger partial charge in [0.1, 0.15) is 0 Å². The van der Waals surface area contributed by atoms with Crippen LogP contribution in [0.1, 0.15) is 48.0 Å². The molecule has 0 aromatic rings. The molecule has 104 valence electrons. The van der Waals surface area contributed by atoms with Crippen LogP contribution in [0.25, 0.3) is 0 Å². The number of urea groups is 1. The third-order valence-corrected chi connectivity index (χ3v) is 3.59. The Hall–Kier alpha value is -0.990.